The molecule has 204 valence electrons. The van der Waals surface area contributed by atoms with Crippen molar-refractivity contribution in [2.24, 2.45) is 5.92 Å². The lowest BCUT2D eigenvalue weighted by Gasteiger charge is -2.29. The van der Waals surface area contributed by atoms with Gasteiger partial charge in [0.2, 0.25) is 5.91 Å². The van der Waals surface area contributed by atoms with E-state index in [-0.39, 0.29) is 18.7 Å². The third kappa shape index (κ3) is 8.57. The molecule has 0 fully saturated rings. The zero-order chi connectivity index (χ0) is 28.2. The molecule has 0 aliphatic carbocycles. The Morgan fingerprint density at radius 3 is 2.05 bits per heavy atom. The maximum Gasteiger partial charge on any atom is 0.408 e. The number of carbonyl (C=O) groups excluding carboxylic acids is 4. The van der Waals surface area contributed by atoms with E-state index in [0.717, 1.165) is 12.7 Å². The minimum Gasteiger partial charge on any atom is -0.469 e. The number of carbonyl (C=O) groups is 4. The number of rotatable bonds is 12. The molecule has 0 bridgehead atoms. The average Bonchev–Trinajstić information content (AvgIpc) is 2.92. The van der Waals surface area contributed by atoms with Crippen LogP contribution in [0.25, 0.3) is 0 Å². The van der Waals surface area contributed by atoms with Crippen LogP contribution in [-0.2, 0) is 35.2 Å². The second-order valence-corrected chi connectivity index (χ2v) is 8.67. The molecule has 0 spiro atoms. The highest BCUT2D eigenvalue weighted by Crippen LogP contribution is 2.27. The Balaban J connectivity index is 2.26. The minimum atomic E-state index is -1.38. The number of benzene rings is 2. The fourth-order valence-corrected chi connectivity index (χ4v) is 3.65. The molecule has 38 heavy (non-hydrogen) atoms. The fraction of sp³-hybridized carbons (Fsp3) is 0.385. The predicted octanol–water partition coefficient (Wildman–Crippen LogP) is 2.85. The molecule has 12 heteroatoms. The van der Waals surface area contributed by atoms with E-state index >= 15 is 0 Å². The first kappa shape index (κ1) is 29.7. The Labute approximate surface area is 219 Å². The van der Waals surface area contributed by atoms with E-state index in [4.69, 9.17) is 14.2 Å². The van der Waals surface area contributed by atoms with Gasteiger partial charge in [0.25, 0.3) is 5.69 Å². The SMILES string of the molecule is COC(=O)C[C@@H](c1ccc([N+](=O)[O-])cc1)[C@H](NC(=O)[C@@H](NC(=O)OCc1ccccc1)C(C)C)C(=O)OC. The molecule has 0 unspecified atom stereocenters. The molecular formula is C26H31N3O9. The van der Waals surface area contributed by atoms with Crippen molar-refractivity contribution in [2.45, 2.75) is 44.9 Å². The van der Waals surface area contributed by atoms with Crippen molar-refractivity contribution in [3.8, 4) is 0 Å². The Hall–Kier alpha value is -4.48. The van der Waals surface area contributed by atoms with Gasteiger partial charge in [-0.1, -0.05) is 56.3 Å². The zero-order valence-electron chi connectivity index (χ0n) is 21.5. The van der Waals surface area contributed by atoms with Crippen molar-refractivity contribution in [1.82, 2.24) is 10.6 Å². The molecule has 0 heterocycles. The molecule has 0 aliphatic rings. The highest BCUT2D eigenvalue weighted by molar-refractivity contribution is 5.90. The molecule has 0 aliphatic heterocycles. The van der Waals surface area contributed by atoms with Gasteiger partial charge in [-0.2, -0.15) is 0 Å². The van der Waals surface area contributed by atoms with Crippen LogP contribution in [-0.4, -0.2) is 55.2 Å². The molecule has 3 atom stereocenters. The molecule has 2 aromatic carbocycles. The fourth-order valence-electron chi connectivity index (χ4n) is 3.65. The first-order chi connectivity index (χ1) is 18.1. The Morgan fingerprint density at radius 1 is 0.895 bits per heavy atom. The van der Waals surface area contributed by atoms with Crippen molar-refractivity contribution < 1.29 is 38.3 Å². The maximum absolute atomic E-state index is 13.3. The number of alkyl carbamates (subject to hydrolysis) is 1. The van der Waals surface area contributed by atoms with E-state index in [1.807, 2.05) is 6.07 Å². The van der Waals surface area contributed by atoms with Gasteiger partial charge in [-0.15, -0.1) is 0 Å². The van der Waals surface area contributed by atoms with Crippen LogP contribution in [0.2, 0.25) is 0 Å². The number of amides is 2. The van der Waals surface area contributed by atoms with Crippen LogP contribution < -0.4 is 10.6 Å². The van der Waals surface area contributed by atoms with Gasteiger partial charge in [0.1, 0.15) is 18.7 Å². The van der Waals surface area contributed by atoms with Gasteiger partial charge >= 0.3 is 18.0 Å². The van der Waals surface area contributed by atoms with Crippen molar-refractivity contribution >= 4 is 29.6 Å². The van der Waals surface area contributed by atoms with Crippen LogP contribution in [0.15, 0.2) is 54.6 Å². The molecule has 2 amide bonds. The summed E-state index contributed by atoms with van der Waals surface area (Å²) in [6.07, 6.45) is -1.17. The normalized spacial score (nSPS) is 13.0. The van der Waals surface area contributed by atoms with Gasteiger partial charge in [-0.05, 0) is 17.0 Å². The number of nitro groups is 1. The summed E-state index contributed by atoms with van der Waals surface area (Å²) in [6, 6.07) is 11.7. The van der Waals surface area contributed by atoms with Gasteiger partial charge < -0.3 is 24.8 Å². The molecular weight excluding hydrogens is 498 g/mol. The van der Waals surface area contributed by atoms with Gasteiger partial charge in [0.05, 0.1) is 25.6 Å². The van der Waals surface area contributed by atoms with E-state index in [2.05, 4.69) is 10.6 Å². The van der Waals surface area contributed by atoms with Crippen molar-refractivity contribution in [1.29, 1.82) is 0 Å². The van der Waals surface area contributed by atoms with Crippen LogP contribution in [0.5, 0.6) is 0 Å². The third-order valence-electron chi connectivity index (χ3n) is 5.74. The minimum absolute atomic E-state index is 0.00869. The summed E-state index contributed by atoms with van der Waals surface area (Å²) in [5.41, 5.74) is 0.919. The molecule has 2 rings (SSSR count). The Kier molecular flexibility index (Phi) is 11.2. The lowest BCUT2D eigenvalue weighted by molar-refractivity contribution is -0.384. The van der Waals surface area contributed by atoms with Gasteiger partial charge in [-0.3, -0.25) is 19.7 Å². The highest BCUT2D eigenvalue weighted by atomic mass is 16.6. The number of methoxy groups -OCH3 is 2. The first-order valence-corrected chi connectivity index (χ1v) is 11.7. The molecule has 0 saturated heterocycles. The quantitative estimate of drug-likeness (QED) is 0.182. The van der Waals surface area contributed by atoms with Gasteiger partial charge in [0, 0.05) is 18.1 Å². The highest BCUT2D eigenvalue weighted by Gasteiger charge is 2.37. The molecule has 12 nitrogen and oxygen atoms in total. The van der Waals surface area contributed by atoms with E-state index in [0.29, 0.717) is 5.56 Å². The van der Waals surface area contributed by atoms with Crippen LogP contribution in [0.4, 0.5) is 10.5 Å². The van der Waals surface area contributed by atoms with E-state index in [1.165, 1.54) is 31.4 Å². The molecule has 0 aromatic heterocycles. The van der Waals surface area contributed by atoms with Crippen LogP contribution in [0.3, 0.4) is 0 Å². The maximum atomic E-state index is 13.3. The monoisotopic (exact) mass is 529 g/mol. The van der Waals surface area contributed by atoms with E-state index < -0.39 is 52.8 Å². The lowest BCUT2D eigenvalue weighted by atomic mass is 9.87. The summed E-state index contributed by atoms with van der Waals surface area (Å²) >= 11 is 0. The number of nitrogens with one attached hydrogen (secondary N) is 2. The van der Waals surface area contributed by atoms with E-state index in [1.54, 1.807) is 38.1 Å². The van der Waals surface area contributed by atoms with Gasteiger partial charge in [0.15, 0.2) is 0 Å². The summed E-state index contributed by atoms with van der Waals surface area (Å²) in [4.78, 5) is 61.1. The largest absolute Gasteiger partial charge is 0.469 e. The summed E-state index contributed by atoms with van der Waals surface area (Å²) in [7, 11) is 2.28. The molecule has 2 N–H and O–H groups in total. The summed E-state index contributed by atoms with van der Waals surface area (Å²) < 4.78 is 14.8. The van der Waals surface area contributed by atoms with Crippen molar-refractivity contribution in [3.05, 3.63) is 75.8 Å². The smallest absolute Gasteiger partial charge is 0.408 e. The number of esters is 2. The third-order valence-corrected chi connectivity index (χ3v) is 5.74. The molecule has 0 radical (unpaired) electrons. The lowest BCUT2D eigenvalue weighted by Crippen LogP contribution is -2.55. The first-order valence-electron chi connectivity index (χ1n) is 11.7. The van der Waals surface area contributed by atoms with Crippen LogP contribution in [0.1, 0.15) is 37.3 Å². The molecule has 0 saturated carbocycles. The Bertz CT molecular complexity index is 1120. The van der Waals surface area contributed by atoms with Crippen LogP contribution >= 0.6 is 0 Å². The number of hydrogen-bond donors (Lipinski definition) is 2. The number of hydrogen-bond acceptors (Lipinski definition) is 9. The van der Waals surface area contributed by atoms with Gasteiger partial charge in [-0.25, -0.2) is 9.59 Å². The zero-order valence-corrected chi connectivity index (χ0v) is 21.5. The second-order valence-electron chi connectivity index (χ2n) is 8.67. The van der Waals surface area contributed by atoms with Crippen molar-refractivity contribution in [3.63, 3.8) is 0 Å². The average molecular weight is 530 g/mol. The standard InChI is InChI=1S/C26H31N3O9/c1-16(2)22(28-26(33)38-15-17-8-6-5-7-9-17)24(31)27-23(25(32)37-4)20(14-21(30)36-3)18-10-12-19(13-11-18)29(34)35/h5-13,16,20,22-23H,14-15H2,1-4H3,(H,27,31)(H,28,33)/t20-,22-,23-/m0/s1. The number of nitrogens with zero attached hydrogens (tertiary/aromatic N) is 1. The van der Waals surface area contributed by atoms with E-state index in [9.17, 15) is 29.3 Å². The summed E-state index contributed by atoms with van der Waals surface area (Å²) in [5, 5.41) is 16.1. The second kappa shape index (κ2) is 14.3. The topological polar surface area (TPSA) is 163 Å². The molecule has 2 aromatic rings. The number of nitro benzene ring substituents is 1. The summed E-state index contributed by atoms with van der Waals surface area (Å²) in [5.74, 6) is -3.66. The van der Waals surface area contributed by atoms with Crippen molar-refractivity contribution in [2.75, 3.05) is 14.2 Å². The number of ether oxygens (including phenoxy) is 3. The summed E-state index contributed by atoms with van der Waals surface area (Å²) in [6.45, 7) is 3.37. The van der Waals surface area contributed by atoms with Crippen LogP contribution in [0, 0.1) is 16.0 Å². The number of non-ortho nitro benzene ring substituents is 1. The Morgan fingerprint density at radius 2 is 1.53 bits per heavy atom. The predicted molar refractivity (Wildman–Crippen MR) is 135 cm³/mol.